The van der Waals surface area contributed by atoms with Gasteiger partial charge in [-0.1, -0.05) is 115 Å². The summed E-state index contributed by atoms with van der Waals surface area (Å²) < 4.78 is 2.47. The van der Waals surface area contributed by atoms with Gasteiger partial charge in [0.05, 0.1) is 16.7 Å². The number of pyridine rings is 1. The summed E-state index contributed by atoms with van der Waals surface area (Å²) in [6, 6.07) is 52.5. The molecule has 0 fully saturated rings. The van der Waals surface area contributed by atoms with Crippen molar-refractivity contribution in [3.63, 3.8) is 0 Å². The summed E-state index contributed by atoms with van der Waals surface area (Å²) in [6.07, 6.45) is 10.2. The van der Waals surface area contributed by atoms with Crippen molar-refractivity contribution >= 4 is 32.6 Å². The van der Waals surface area contributed by atoms with Crippen LogP contribution in [0.5, 0.6) is 0 Å². The minimum atomic E-state index is 0.815. The molecule has 47 heavy (non-hydrogen) atoms. The standard InChI is InChI=1S/C44H33N3/c45-24-10-3-4-12-31-18-21-40-41-23-19-34-27-35(42-17-9-11-25-46-42)20-22-39(34)44(41)47(43(40)26-31)38-29-36(32-13-5-1-6-14-32)28-37(30-38)33-15-7-2-8-16-33/h1-11,13-30H,12,45H2/b4-3-,24-10-. The van der Waals surface area contributed by atoms with Crippen molar-refractivity contribution in [3.8, 4) is 39.2 Å². The molecule has 224 valence electrons. The summed E-state index contributed by atoms with van der Waals surface area (Å²) in [5.74, 6) is 0. The molecule has 0 atom stereocenters. The number of hydrogen-bond acceptors (Lipinski definition) is 2. The van der Waals surface area contributed by atoms with Crippen molar-refractivity contribution in [2.24, 2.45) is 5.73 Å². The highest BCUT2D eigenvalue weighted by Crippen LogP contribution is 2.40. The van der Waals surface area contributed by atoms with Gasteiger partial charge < -0.3 is 10.3 Å². The number of benzene rings is 6. The van der Waals surface area contributed by atoms with E-state index in [0.717, 1.165) is 23.4 Å². The third-order valence-corrected chi connectivity index (χ3v) is 8.87. The Balaban J connectivity index is 1.43. The zero-order valence-electron chi connectivity index (χ0n) is 25.9. The quantitative estimate of drug-likeness (QED) is 0.184. The minimum Gasteiger partial charge on any atom is -0.405 e. The van der Waals surface area contributed by atoms with Crippen LogP contribution in [0.3, 0.4) is 0 Å². The number of aromatic nitrogens is 2. The summed E-state index contributed by atoms with van der Waals surface area (Å²) in [5.41, 5.74) is 17.2. The van der Waals surface area contributed by atoms with Crippen LogP contribution in [0.4, 0.5) is 0 Å². The van der Waals surface area contributed by atoms with Crippen LogP contribution in [0.15, 0.2) is 176 Å². The van der Waals surface area contributed by atoms with E-state index in [1.165, 1.54) is 60.4 Å². The monoisotopic (exact) mass is 603 g/mol. The summed E-state index contributed by atoms with van der Waals surface area (Å²) in [5, 5.41) is 4.86. The first-order valence-electron chi connectivity index (χ1n) is 16.0. The predicted molar refractivity (Wildman–Crippen MR) is 199 cm³/mol. The lowest BCUT2D eigenvalue weighted by Gasteiger charge is -2.15. The molecule has 0 saturated carbocycles. The first-order chi connectivity index (χ1) is 23.3. The van der Waals surface area contributed by atoms with Gasteiger partial charge in [-0.15, -0.1) is 0 Å². The van der Waals surface area contributed by atoms with Gasteiger partial charge in [-0.2, -0.15) is 0 Å². The van der Waals surface area contributed by atoms with E-state index in [0.29, 0.717) is 0 Å². The van der Waals surface area contributed by atoms with Crippen LogP contribution in [0.1, 0.15) is 5.56 Å². The molecule has 0 aliphatic rings. The number of rotatable bonds is 7. The van der Waals surface area contributed by atoms with E-state index >= 15 is 0 Å². The first kappa shape index (κ1) is 28.3. The topological polar surface area (TPSA) is 43.8 Å². The predicted octanol–water partition coefficient (Wildman–Crippen LogP) is 10.9. The molecule has 2 N–H and O–H groups in total. The summed E-state index contributed by atoms with van der Waals surface area (Å²) in [4.78, 5) is 4.62. The number of fused-ring (bicyclic) bond motifs is 5. The van der Waals surface area contributed by atoms with Gasteiger partial charge in [-0.05, 0) is 94.4 Å². The number of hydrogen-bond donors (Lipinski definition) is 1. The molecule has 2 aromatic heterocycles. The maximum absolute atomic E-state index is 5.57. The van der Waals surface area contributed by atoms with Gasteiger partial charge in [0.15, 0.2) is 0 Å². The lowest BCUT2D eigenvalue weighted by atomic mass is 9.97. The lowest BCUT2D eigenvalue weighted by molar-refractivity contribution is 1.18. The zero-order chi connectivity index (χ0) is 31.6. The van der Waals surface area contributed by atoms with E-state index in [4.69, 9.17) is 5.73 Å². The minimum absolute atomic E-state index is 0.815. The fourth-order valence-electron chi connectivity index (χ4n) is 6.65. The fraction of sp³-hybridized carbons (Fsp3) is 0.0227. The van der Waals surface area contributed by atoms with Gasteiger partial charge in [0, 0.05) is 33.6 Å². The Morgan fingerprint density at radius 2 is 1.26 bits per heavy atom. The molecule has 8 rings (SSSR count). The van der Waals surface area contributed by atoms with Crippen LogP contribution < -0.4 is 5.73 Å². The Labute approximate surface area is 274 Å². The molecular weight excluding hydrogens is 571 g/mol. The largest absolute Gasteiger partial charge is 0.405 e. The molecule has 6 aromatic carbocycles. The normalized spacial score (nSPS) is 11.8. The van der Waals surface area contributed by atoms with Crippen LogP contribution in [-0.4, -0.2) is 9.55 Å². The molecule has 0 aliphatic carbocycles. The Hall–Kier alpha value is -6.19. The van der Waals surface area contributed by atoms with Gasteiger partial charge in [-0.25, -0.2) is 0 Å². The maximum atomic E-state index is 5.57. The second-order valence-electron chi connectivity index (χ2n) is 11.8. The van der Waals surface area contributed by atoms with E-state index in [-0.39, 0.29) is 0 Å². The van der Waals surface area contributed by atoms with Crippen molar-refractivity contribution in [1.82, 2.24) is 9.55 Å². The molecule has 0 aliphatic heterocycles. The third kappa shape index (κ3) is 5.38. The number of nitrogens with two attached hydrogens (primary N) is 1. The molecule has 0 spiro atoms. The SMILES string of the molecule is N/C=C\C=C/Cc1ccc2c3ccc4cc(-c5ccccn5)ccc4c3n(-c3cc(-c4ccccc4)cc(-c4ccccc4)c3)c2c1. The highest BCUT2D eigenvalue weighted by molar-refractivity contribution is 6.19. The molecule has 0 unspecified atom stereocenters. The van der Waals surface area contributed by atoms with Crippen LogP contribution in [0.25, 0.3) is 71.8 Å². The van der Waals surface area contributed by atoms with Crippen molar-refractivity contribution < 1.29 is 0 Å². The highest BCUT2D eigenvalue weighted by atomic mass is 15.0. The molecule has 0 bridgehead atoms. The summed E-state index contributed by atoms with van der Waals surface area (Å²) in [7, 11) is 0. The second kappa shape index (κ2) is 12.3. The molecule has 3 nitrogen and oxygen atoms in total. The Morgan fingerprint density at radius 1 is 0.553 bits per heavy atom. The van der Waals surface area contributed by atoms with Crippen molar-refractivity contribution in [2.45, 2.75) is 6.42 Å². The van der Waals surface area contributed by atoms with E-state index in [2.05, 4.69) is 149 Å². The van der Waals surface area contributed by atoms with Gasteiger partial charge in [0.1, 0.15) is 0 Å². The Kier molecular flexibility index (Phi) is 7.41. The average molecular weight is 604 g/mol. The van der Waals surface area contributed by atoms with Gasteiger partial charge in [0.25, 0.3) is 0 Å². The van der Waals surface area contributed by atoms with E-state index < -0.39 is 0 Å². The highest BCUT2D eigenvalue weighted by Gasteiger charge is 2.18. The van der Waals surface area contributed by atoms with Crippen LogP contribution in [0.2, 0.25) is 0 Å². The summed E-state index contributed by atoms with van der Waals surface area (Å²) >= 11 is 0. The van der Waals surface area contributed by atoms with Crippen LogP contribution in [0, 0.1) is 0 Å². The fourth-order valence-corrected chi connectivity index (χ4v) is 6.65. The van der Waals surface area contributed by atoms with Crippen molar-refractivity contribution in [1.29, 1.82) is 0 Å². The first-order valence-corrected chi connectivity index (χ1v) is 16.0. The summed E-state index contributed by atoms with van der Waals surface area (Å²) in [6.45, 7) is 0. The van der Waals surface area contributed by atoms with Gasteiger partial charge in [-0.3, -0.25) is 4.98 Å². The van der Waals surface area contributed by atoms with Crippen molar-refractivity contribution in [2.75, 3.05) is 0 Å². The van der Waals surface area contributed by atoms with Crippen LogP contribution >= 0.6 is 0 Å². The maximum Gasteiger partial charge on any atom is 0.0702 e. The van der Waals surface area contributed by atoms with E-state index in [1.54, 1.807) is 6.20 Å². The van der Waals surface area contributed by atoms with Gasteiger partial charge >= 0.3 is 0 Å². The van der Waals surface area contributed by atoms with Gasteiger partial charge in [0.2, 0.25) is 0 Å². The average Bonchev–Trinajstić information content (AvgIpc) is 3.48. The number of allylic oxidation sites excluding steroid dienone is 3. The molecule has 8 aromatic rings. The van der Waals surface area contributed by atoms with Crippen LogP contribution in [-0.2, 0) is 6.42 Å². The Bertz CT molecular complexity index is 2360. The molecule has 3 heteroatoms. The van der Waals surface area contributed by atoms with E-state index in [9.17, 15) is 0 Å². The Morgan fingerprint density at radius 3 is 1.96 bits per heavy atom. The smallest absolute Gasteiger partial charge is 0.0702 e. The second-order valence-corrected chi connectivity index (χ2v) is 11.8. The molecule has 0 radical (unpaired) electrons. The molecule has 0 saturated heterocycles. The molecular formula is C44H33N3. The van der Waals surface area contributed by atoms with Crippen molar-refractivity contribution in [3.05, 3.63) is 182 Å². The third-order valence-electron chi connectivity index (χ3n) is 8.87. The number of nitrogens with zero attached hydrogens (tertiary/aromatic N) is 2. The van der Waals surface area contributed by atoms with E-state index in [1.807, 2.05) is 30.5 Å². The molecule has 0 amide bonds. The lowest BCUT2D eigenvalue weighted by Crippen LogP contribution is -1.97. The zero-order valence-corrected chi connectivity index (χ0v) is 25.9. The molecule has 2 heterocycles.